The van der Waals surface area contributed by atoms with E-state index in [0.29, 0.717) is 6.04 Å². The highest BCUT2D eigenvalue weighted by Gasteiger charge is 2.16. The van der Waals surface area contributed by atoms with E-state index in [1.165, 1.54) is 0 Å². The molecule has 1 aliphatic rings. The molecule has 0 aromatic carbocycles. The van der Waals surface area contributed by atoms with Crippen molar-refractivity contribution in [2.24, 2.45) is 0 Å². The van der Waals surface area contributed by atoms with Crippen molar-refractivity contribution in [3.8, 4) is 11.5 Å². The Labute approximate surface area is 99.2 Å². The van der Waals surface area contributed by atoms with Crippen LogP contribution in [0.3, 0.4) is 0 Å². The molecule has 0 spiro atoms. The number of hydrogen-bond acceptors (Lipinski definition) is 5. The van der Waals surface area contributed by atoms with E-state index in [1.54, 1.807) is 0 Å². The van der Waals surface area contributed by atoms with Crippen molar-refractivity contribution in [1.29, 1.82) is 0 Å². The number of aromatic nitrogens is 2. The monoisotopic (exact) mass is 230 g/mol. The topological polar surface area (TPSA) is 63.0 Å². The smallest absolute Gasteiger partial charge is 0.154 e. The highest BCUT2D eigenvalue weighted by molar-refractivity contribution is 5.53. The number of furan rings is 1. The van der Waals surface area contributed by atoms with Crippen LogP contribution in [0, 0.1) is 6.92 Å². The summed E-state index contributed by atoms with van der Waals surface area (Å²) in [6, 6.07) is 8.14. The van der Waals surface area contributed by atoms with Gasteiger partial charge in [0.1, 0.15) is 17.3 Å². The standard InChI is InChI=1S/C12H14N4O/c1-8-2-4-11(17-8)10-3-5-12(16-15-10)14-9-6-13-7-9/h2-5,9,13H,6-7H2,1H3,(H,14,16). The number of nitrogens with one attached hydrogen (secondary N) is 2. The lowest BCUT2D eigenvalue weighted by Gasteiger charge is -2.28. The highest BCUT2D eigenvalue weighted by Crippen LogP contribution is 2.19. The van der Waals surface area contributed by atoms with Gasteiger partial charge in [0.15, 0.2) is 5.76 Å². The SMILES string of the molecule is Cc1ccc(-c2ccc(NC3CNC3)nn2)o1. The van der Waals surface area contributed by atoms with Gasteiger partial charge in [0, 0.05) is 13.1 Å². The summed E-state index contributed by atoms with van der Waals surface area (Å²) < 4.78 is 5.49. The zero-order valence-corrected chi connectivity index (χ0v) is 9.60. The largest absolute Gasteiger partial charge is 0.460 e. The Morgan fingerprint density at radius 1 is 1.24 bits per heavy atom. The summed E-state index contributed by atoms with van der Waals surface area (Å²) in [7, 11) is 0. The molecule has 2 aromatic rings. The van der Waals surface area contributed by atoms with Crippen LogP contribution < -0.4 is 10.6 Å². The maximum Gasteiger partial charge on any atom is 0.154 e. The fourth-order valence-corrected chi connectivity index (χ4v) is 1.71. The van der Waals surface area contributed by atoms with Crippen LogP contribution >= 0.6 is 0 Å². The van der Waals surface area contributed by atoms with E-state index in [0.717, 1.165) is 36.1 Å². The Hall–Kier alpha value is -1.88. The number of rotatable bonds is 3. The highest BCUT2D eigenvalue weighted by atomic mass is 16.3. The number of aryl methyl sites for hydroxylation is 1. The van der Waals surface area contributed by atoms with Gasteiger partial charge in [0.05, 0.1) is 6.04 Å². The van der Waals surface area contributed by atoms with Gasteiger partial charge in [-0.2, -0.15) is 0 Å². The lowest BCUT2D eigenvalue weighted by Crippen LogP contribution is -2.51. The Kier molecular flexibility index (Phi) is 2.53. The molecular formula is C12H14N4O. The molecule has 1 saturated heterocycles. The van der Waals surface area contributed by atoms with E-state index in [-0.39, 0.29) is 0 Å². The van der Waals surface area contributed by atoms with Crippen LogP contribution in [-0.2, 0) is 0 Å². The van der Waals surface area contributed by atoms with Crippen molar-refractivity contribution in [3.05, 3.63) is 30.0 Å². The first-order chi connectivity index (χ1) is 8.31. The summed E-state index contributed by atoms with van der Waals surface area (Å²) >= 11 is 0. The third kappa shape index (κ3) is 2.14. The molecule has 0 saturated carbocycles. The van der Waals surface area contributed by atoms with E-state index in [9.17, 15) is 0 Å². The molecular weight excluding hydrogens is 216 g/mol. The lowest BCUT2D eigenvalue weighted by atomic mass is 10.2. The van der Waals surface area contributed by atoms with Gasteiger partial charge in [-0.15, -0.1) is 10.2 Å². The first-order valence-electron chi connectivity index (χ1n) is 5.69. The molecule has 2 N–H and O–H groups in total. The quantitative estimate of drug-likeness (QED) is 0.835. The Balaban J connectivity index is 1.75. The third-order valence-electron chi connectivity index (χ3n) is 2.79. The second kappa shape index (κ2) is 4.18. The minimum absolute atomic E-state index is 0.473. The van der Waals surface area contributed by atoms with E-state index < -0.39 is 0 Å². The molecule has 0 aliphatic carbocycles. The zero-order valence-electron chi connectivity index (χ0n) is 9.60. The van der Waals surface area contributed by atoms with Crippen LogP contribution in [0.1, 0.15) is 5.76 Å². The summed E-state index contributed by atoms with van der Waals surface area (Å²) in [5.41, 5.74) is 0.760. The fraction of sp³-hybridized carbons (Fsp3) is 0.333. The van der Waals surface area contributed by atoms with E-state index in [4.69, 9.17) is 4.42 Å². The van der Waals surface area contributed by atoms with Crippen molar-refractivity contribution < 1.29 is 4.42 Å². The molecule has 0 atom stereocenters. The molecule has 5 heteroatoms. The summed E-state index contributed by atoms with van der Waals surface area (Å²) in [6.45, 7) is 3.89. The molecule has 3 rings (SSSR count). The minimum Gasteiger partial charge on any atom is -0.460 e. The summed E-state index contributed by atoms with van der Waals surface area (Å²) in [4.78, 5) is 0. The van der Waals surface area contributed by atoms with Crippen LogP contribution in [-0.4, -0.2) is 29.3 Å². The number of hydrogen-bond donors (Lipinski definition) is 2. The van der Waals surface area contributed by atoms with Crippen molar-refractivity contribution in [1.82, 2.24) is 15.5 Å². The molecule has 0 bridgehead atoms. The first-order valence-corrected chi connectivity index (χ1v) is 5.69. The molecule has 3 heterocycles. The molecule has 1 fully saturated rings. The molecule has 0 radical (unpaired) electrons. The summed E-state index contributed by atoms with van der Waals surface area (Å²) in [5.74, 6) is 2.44. The molecule has 1 aliphatic heterocycles. The number of anilines is 1. The predicted molar refractivity (Wildman–Crippen MR) is 64.8 cm³/mol. The molecule has 0 unspecified atom stereocenters. The summed E-state index contributed by atoms with van der Waals surface area (Å²) in [5, 5.41) is 14.8. The van der Waals surface area contributed by atoms with E-state index in [2.05, 4.69) is 20.8 Å². The average Bonchev–Trinajstić information content (AvgIpc) is 2.71. The van der Waals surface area contributed by atoms with Crippen molar-refractivity contribution in [2.45, 2.75) is 13.0 Å². The van der Waals surface area contributed by atoms with E-state index >= 15 is 0 Å². The molecule has 88 valence electrons. The second-order valence-corrected chi connectivity index (χ2v) is 4.21. The van der Waals surface area contributed by atoms with Gasteiger partial charge in [0.2, 0.25) is 0 Å². The van der Waals surface area contributed by atoms with Gasteiger partial charge in [-0.25, -0.2) is 0 Å². The predicted octanol–water partition coefficient (Wildman–Crippen LogP) is 1.43. The number of nitrogens with zero attached hydrogens (tertiary/aromatic N) is 2. The van der Waals surface area contributed by atoms with Crippen molar-refractivity contribution >= 4 is 5.82 Å². The van der Waals surface area contributed by atoms with Crippen molar-refractivity contribution in [3.63, 3.8) is 0 Å². The summed E-state index contributed by atoms with van der Waals surface area (Å²) in [6.07, 6.45) is 0. The maximum absolute atomic E-state index is 5.49. The van der Waals surface area contributed by atoms with Gasteiger partial charge in [-0.05, 0) is 31.2 Å². The van der Waals surface area contributed by atoms with Crippen LogP contribution in [0.25, 0.3) is 11.5 Å². The molecule has 17 heavy (non-hydrogen) atoms. The third-order valence-corrected chi connectivity index (χ3v) is 2.79. The molecule has 0 amide bonds. The first kappa shape index (κ1) is 10.3. The van der Waals surface area contributed by atoms with Crippen LogP contribution in [0.4, 0.5) is 5.82 Å². The molecule has 2 aromatic heterocycles. The average molecular weight is 230 g/mol. The van der Waals surface area contributed by atoms with Gasteiger partial charge < -0.3 is 15.1 Å². The zero-order chi connectivity index (χ0) is 11.7. The minimum atomic E-state index is 0.473. The lowest BCUT2D eigenvalue weighted by molar-refractivity contribution is 0.470. The van der Waals surface area contributed by atoms with Gasteiger partial charge >= 0.3 is 0 Å². The normalized spacial score (nSPS) is 15.6. The Bertz CT molecular complexity index is 501. The second-order valence-electron chi connectivity index (χ2n) is 4.21. The Morgan fingerprint density at radius 2 is 2.12 bits per heavy atom. The maximum atomic E-state index is 5.49. The van der Waals surface area contributed by atoms with Crippen LogP contribution in [0.15, 0.2) is 28.7 Å². The Morgan fingerprint density at radius 3 is 2.65 bits per heavy atom. The van der Waals surface area contributed by atoms with Crippen LogP contribution in [0.5, 0.6) is 0 Å². The van der Waals surface area contributed by atoms with Gasteiger partial charge in [0.25, 0.3) is 0 Å². The van der Waals surface area contributed by atoms with Crippen molar-refractivity contribution in [2.75, 3.05) is 18.4 Å². The van der Waals surface area contributed by atoms with Gasteiger partial charge in [-0.1, -0.05) is 0 Å². The van der Waals surface area contributed by atoms with Gasteiger partial charge in [-0.3, -0.25) is 0 Å². The van der Waals surface area contributed by atoms with E-state index in [1.807, 2.05) is 31.2 Å². The fourth-order valence-electron chi connectivity index (χ4n) is 1.71. The molecule has 5 nitrogen and oxygen atoms in total. The van der Waals surface area contributed by atoms with Crippen LogP contribution in [0.2, 0.25) is 0 Å².